The molecule has 15 heavy (non-hydrogen) atoms. The van der Waals surface area contributed by atoms with Crippen molar-refractivity contribution in [1.29, 1.82) is 0 Å². The lowest BCUT2D eigenvalue weighted by atomic mass is 10.0. The second kappa shape index (κ2) is 5.83. The van der Waals surface area contributed by atoms with Crippen LogP contribution in [-0.2, 0) is 0 Å². The van der Waals surface area contributed by atoms with Crippen LogP contribution in [0, 0.1) is 5.92 Å². The Bertz CT molecular complexity index is 182. The van der Waals surface area contributed by atoms with Gasteiger partial charge < -0.3 is 15.7 Å². The number of hydrogen-bond acceptors (Lipinski definition) is 3. The molecule has 3 heteroatoms. The fourth-order valence-electron chi connectivity index (χ4n) is 2.04. The van der Waals surface area contributed by atoms with Crippen LogP contribution in [0.25, 0.3) is 0 Å². The Kier molecular flexibility index (Phi) is 5.03. The Hall–Kier alpha value is -0.120. The van der Waals surface area contributed by atoms with E-state index >= 15 is 0 Å². The third-order valence-corrected chi connectivity index (χ3v) is 3.47. The monoisotopic (exact) mass is 214 g/mol. The van der Waals surface area contributed by atoms with Crippen molar-refractivity contribution in [2.45, 2.75) is 45.1 Å². The second-order valence-corrected chi connectivity index (χ2v) is 5.44. The van der Waals surface area contributed by atoms with Crippen LogP contribution in [0.4, 0.5) is 0 Å². The molecule has 1 rings (SSSR count). The summed E-state index contributed by atoms with van der Waals surface area (Å²) < 4.78 is 0. The summed E-state index contributed by atoms with van der Waals surface area (Å²) in [6.45, 7) is 7.77. The lowest BCUT2D eigenvalue weighted by molar-refractivity contribution is 0.175. The second-order valence-electron chi connectivity index (χ2n) is 5.44. The van der Waals surface area contributed by atoms with Crippen LogP contribution in [0.3, 0.4) is 0 Å². The predicted octanol–water partition coefficient (Wildman–Crippen LogP) is 1.21. The van der Waals surface area contributed by atoms with Gasteiger partial charge in [-0.1, -0.05) is 6.92 Å². The lowest BCUT2D eigenvalue weighted by Gasteiger charge is -2.27. The number of likely N-dealkylation sites (tertiary alicyclic amines) is 1. The predicted molar refractivity (Wildman–Crippen MR) is 63.8 cm³/mol. The molecule has 0 aromatic carbocycles. The average molecular weight is 214 g/mol. The number of nitrogens with zero attached hydrogens (tertiary/aromatic N) is 1. The van der Waals surface area contributed by atoms with E-state index in [-0.39, 0.29) is 6.61 Å². The molecule has 0 spiro atoms. The van der Waals surface area contributed by atoms with E-state index < -0.39 is 5.54 Å². The zero-order chi connectivity index (χ0) is 11.3. The van der Waals surface area contributed by atoms with E-state index in [0.717, 1.165) is 18.9 Å². The van der Waals surface area contributed by atoms with Gasteiger partial charge in [-0.15, -0.1) is 0 Å². The number of hydrogen-bond donors (Lipinski definition) is 2. The van der Waals surface area contributed by atoms with Gasteiger partial charge in [0, 0.05) is 5.54 Å². The third kappa shape index (κ3) is 4.96. The fourth-order valence-corrected chi connectivity index (χ4v) is 2.04. The van der Waals surface area contributed by atoms with E-state index in [9.17, 15) is 0 Å². The molecule has 0 aromatic heterocycles. The van der Waals surface area contributed by atoms with Crippen molar-refractivity contribution in [3.8, 4) is 0 Å². The van der Waals surface area contributed by atoms with Crippen LogP contribution < -0.4 is 5.73 Å². The highest BCUT2D eigenvalue weighted by Gasteiger charge is 2.20. The van der Waals surface area contributed by atoms with Gasteiger partial charge in [0.15, 0.2) is 0 Å². The molecule has 0 aromatic rings. The van der Waals surface area contributed by atoms with Gasteiger partial charge in [0.05, 0.1) is 6.61 Å². The summed E-state index contributed by atoms with van der Waals surface area (Å²) in [5.74, 6) is 0.872. The molecule has 1 aliphatic rings. The Morgan fingerprint density at radius 2 is 2.13 bits per heavy atom. The number of aliphatic hydroxyl groups excluding tert-OH is 1. The lowest BCUT2D eigenvalue weighted by Crippen LogP contribution is -2.43. The van der Waals surface area contributed by atoms with Gasteiger partial charge in [-0.05, 0) is 58.2 Å². The van der Waals surface area contributed by atoms with Crippen molar-refractivity contribution in [2.24, 2.45) is 11.7 Å². The van der Waals surface area contributed by atoms with Crippen LogP contribution in [0.5, 0.6) is 0 Å². The van der Waals surface area contributed by atoms with Crippen molar-refractivity contribution >= 4 is 0 Å². The molecule has 0 amide bonds. The molecule has 1 fully saturated rings. The molecule has 2 atom stereocenters. The highest BCUT2D eigenvalue weighted by atomic mass is 16.3. The van der Waals surface area contributed by atoms with Crippen molar-refractivity contribution in [3.63, 3.8) is 0 Å². The molecule has 90 valence electrons. The van der Waals surface area contributed by atoms with Gasteiger partial charge in [-0.2, -0.15) is 0 Å². The molecule has 0 saturated carbocycles. The summed E-state index contributed by atoms with van der Waals surface area (Å²) in [5, 5.41) is 9.08. The quantitative estimate of drug-likeness (QED) is 0.739. The summed E-state index contributed by atoms with van der Waals surface area (Å²) >= 11 is 0. The van der Waals surface area contributed by atoms with E-state index in [1.54, 1.807) is 0 Å². The van der Waals surface area contributed by atoms with Crippen LogP contribution in [0.1, 0.15) is 39.5 Å². The molecular weight excluding hydrogens is 188 g/mol. The van der Waals surface area contributed by atoms with Gasteiger partial charge in [0.25, 0.3) is 0 Å². The third-order valence-electron chi connectivity index (χ3n) is 3.47. The average Bonchev–Trinajstić information content (AvgIpc) is 2.40. The van der Waals surface area contributed by atoms with Gasteiger partial charge in [0.2, 0.25) is 0 Å². The largest absolute Gasteiger partial charge is 0.394 e. The zero-order valence-electron chi connectivity index (χ0n) is 10.2. The Balaban J connectivity index is 2.26. The zero-order valence-corrected chi connectivity index (χ0v) is 10.2. The van der Waals surface area contributed by atoms with E-state index in [1.165, 1.54) is 32.4 Å². The Labute approximate surface area is 93.6 Å². The molecule has 0 radical (unpaired) electrons. The SMILES string of the molecule is CC1CCCN(CCC(C)(N)CO)CC1. The van der Waals surface area contributed by atoms with Gasteiger partial charge in [-0.3, -0.25) is 0 Å². The minimum atomic E-state index is -0.405. The number of nitrogens with two attached hydrogens (primary N) is 1. The molecule has 1 saturated heterocycles. The molecule has 3 nitrogen and oxygen atoms in total. The first-order chi connectivity index (χ1) is 7.03. The maximum absolute atomic E-state index is 9.08. The smallest absolute Gasteiger partial charge is 0.0608 e. The molecule has 0 bridgehead atoms. The van der Waals surface area contributed by atoms with Crippen molar-refractivity contribution < 1.29 is 5.11 Å². The van der Waals surface area contributed by atoms with Crippen LogP contribution in [0.2, 0.25) is 0 Å². The molecular formula is C12H26N2O. The van der Waals surface area contributed by atoms with Crippen molar-refractivity contribution in [1.82, 2.24) is 4.90 Å². The van der Waals surface area contributed by atoms with Gasteiger partial charge in [-0.25, -0.2) is 0 Å². The molecule has 1 heterocycles. The van der Waals surface area contributed by atoms with E-state index in [1.807, 2.05) is 6.92 Å². The molecule has 1 aliphatic heterocycles. The van der Waals surface area contributed by atoms with Crippen molar-refractivity contribution in [3.05, 3.63) is 0 Å². The highest BCUT2D eigenvalue weighted by molar-refractivity contribution is 4.79. The van der Waals surface area contributed by atoms with E-state index in [0.29, 0.717) is 0 Å². The van der Waals surface area contributed by atoms with Crippen LogP contribution in [-0.4, -0.2) is 41.8 Å². The van der Waals surface area contributed by atoms with Gasteiger partial charge >= 0.3 is 0 Å². The van der Waals surface area contributed by atoms with E-state index in [2.05, 4.69) is 11.8 Å². The minimum absolute atomic E-state index is 0.0806. The highest BCUT2D eigenvalue weighted by Crippen LogP contribution is 2.17. The standard InChI is InChI=1S/C12H26N2O/c1-11-4-3-7-14(8-5-11)9-6-12(2,13)10-15/h11,15H,3-10,13H2,1-2H3. The van der Waals surface area contributed by atoms with Gasteiger partial charge in [0.1, 0.15) is 0 Å². The first-order valence-electron chi connectivity index (χ1n) is 6.15. The number of rotatable bonds is 4. The molecule has 3 N–H and O–H groups in total. The van der Waals surface area contributed by atoms with Crippen LogP contribution in [0.15, 0.2) is 0 Å². The first-order valence-corrected chi connectivity index (χ1v) is 6.15. The molecule has 2 unspecified atom stereocenters. The summed E-state index contributed by atoms with van der Waals surface area (Å²) in [5.41, 5.74) is 5.52. The fraction of sp³-hybridized carbons (Fsp3) is 1.00. The maximum atomic E-state index is 9.08. The summed E-state index contributed by atoms with van der Waals surface area (Å²) in [4.78, 5) is 2.49. The number of aliphatic hydroxyl groups is 1. The van der Waals surface area contributed by atoms with Crippen molar-refractivity contribution in [2.75, 3.05) is 26.2 Å². The first kappa shape index (κ1) is 12.9. The Morgan fingerprint density at radius 3 is 2.80 bits per heavy atom. The summed E-state index contributed by atoms with van der Waals surface area (Å²) in [6, 6.07) is 0. The Morgan fingerprint density at radius 1 is 1.40 bits per heavy atom. The normalized spacial score (nSPS) is 28.4. The topological polar surface area (TPSA) is 49.5 Å². The summed E-state index contributed by atoms with van der Waals surface area (Å²) in [6.07, 6.45) is 4.86. The summed E-state index contributed by atoms with van der Waals surface area (Å²) in [7, 11) is 0. The molecule has 0 aliphatic carbocycles. The maximum Gasteiger partial charge on any atom is 0.0608 e. The minimum Gasteiger partial charge on any atom is -0.394 e. The van der Waals surface area contributed by atoms with E-state index in [4.69, 9.17) is 10.8 Å². The van der Waals surface area contributed by atoms with Crippen LogP contribution >= 0.6 is 0 Å².